The lowest BCUT2D eigenvalue weighted by atomic mass is 10.0. The van der Waals surface area contributed by atoms with E-state index >= 15 is 0 Å². The summed E-state index contributed by atoms with van der Waals surface area (Å²) >= 11 is 0. The first-order valence-corrected chi connectivity index (χ1v) is 16.6. The van der Waals surface area contributed by atoms with Crippen molar-refractivity contribution in [3.05, 3.63) is 108 Å². The van der Waals surface area contributed by atoms with Crippen LogP contribution in [0, 0.1) is 0 Å². The molecule has 0 aliphatic rings. The van der Waals surface area contributed by atoms with E-state index in [9.17, 15) is 43.8 Å². The Labute approximate surface area is 300 Å². The van der Waals surface area contributed by atoms with E-state index in [1.54, 1.807) is 97.9 Å². The minimum absolute atomic E-state index is 0.0722. The van der Waals surface area contributed by atoms with Crippen molar-refractivity contribution in [1.29, 1.82) is 0 Å². The molecule has 0 bridgehead atoms. The second kappa shape index (κ2) is 21.1. The van der Waals surface area contributed by atoms with Gasteiger partial charge in [0.15, 0.2) is 0 Å². The van der Waals surface area contributed by atoms with Crippen molar-refractivity contribution >= 4 is 41.7 Å². The Kier molecular flexibility index (Phi) is 16.3. The summed E-state index contributed by atoms with van der Waals surface area (Å²) in [6.07, 6.45) is -2.22. The maximum Gasteiger partial charge on any atom is 0.408 e. The van der Waals surface area contributed by atoms with Gasteiger partial charge in [0.05, 0.1) is 12.8 Å². The summed E-state index contributed by atoms with van der Waals surface area (Å²) in [6.45, 7) is 1.91. The van der Waals surface area contributed by atoms with E-state index in [-0.39, 0.29) is 26.0 Å². The number of carboxylic acid groups (broad SMARTS) is 2. The third-order valence-electron chi connectivity index (χ3n) is 7.59. The van der Waals surface area contributed by atoms with Gasteiger partial charge in [-0.15, -0.1) is 0 Å². The molecule has 0 spiro atoms. The van der Waals surface area contributed by atoms with E-state index in [4.69, 9.17) is 4.74 Å². The maximum atomic E-state index is 13.9. The minimum atomic E-state index is -1.64. The van der Waals surface area contributed by atoms with Crippen LogP contribution in [-0.4, -0.2) is 82.6 Å². The summed E-state index contributed by atoms with van der Waals surface area (Å²) in [6, 6.07) is 20.0. The highest BCUT2D eigenvalue weighted by molar-refractivity contribution is 5.97. The third kappa shape index (κ3) is 14.3. The molecule has 0 radical (unpaired) electrons. The first-order valence-electron chi connectivity index (χ1n) is 16.6. The molecule has 7 N–H and O–H groups in total. The van der Waals surface area contributed by atoms with E-state index in [0.717, 1.165) is 0 Å². The number of carbonyl (C=O) groups is 7. The van der Waals surface area contributed by atoms with Crippen LogP contribution in [0.25, 0.3) is 0 Å². The Morgan fingerprint density at radius 3 is 1.35 bits per heavy atom. The van der Waals surface area contributed by atoms with Crippen molar-refractivity contribution in [3.8, 4) is 0 Å². The van der Waals surface area contributed by atoms with Crippen LogP contribution >= 0.6 is 0 Å². The molecular weight excluding hydrogens is 674 g/mol. The second-order valence-electron chi connectivity index (χ2n) is 11.8. The van der Waals surface area contributed by atoms with Crippen molar-refractivity contribution in [2.24, 2.45) is 0 Å². The number of alkyl carbamates (subject to hydrolysis) is 1. The predicted octanol–water partition coefficient (Wildman–Crippen LogP) is 1.70. The van der Waals surface area contributed by atoms with Crippen LogP contribution in [0.2, 0.25) is 0 Å². The van der Waals surface area contributed by atoms with E-state index in [1.807, 2.05) is 0 Å². The molecule has 52 heavy (non-hydrogen) atoms. The van der Waals surface area contributed by atoms with E-state index in [0.29, 0.717) is 23.1 Å². The molecule has 0 aliphatic heterocycles. The lowest BCUT2D eigenvalue weighted by Crippen LogP contribution is -2.59. The molecular formula is C37H43N5O10. The lowest BCUT2D eigenvalue weighted by molar-refractivity contribution is -0.141. The van der Waals surface area contributed by atoms with Gasteiger partial charge in [0.1, 0.15) is 30.8 Å². The average Bonchev–Trinajstić information content (AvgIpc) is 3.12. The van der Waals surface area contributed by atoms with Crippen LogP contribution in [0.3, 0.4) is 0 Å². The van der Waals surface area contributed by atoms with Gasteiger partial charge >= 0.3 is 18.0 Å². The number of hydrogen-bond acceptors (Lipinski definition) is 8. The predicted molar refractivity (Wildman–Crippen MR) is 187 cm³/mol. The molecule has 0 heterocycles. The van der Waals surface area contributed by atoms with Crippen molar-refractivity contribution in [2.45, 2.75) is 69.8 Å². The highest BCUT2D eigenvalue weighted by atomic mass is 16.5. The van der Waals surface area contributed by atoms with Crippen molar-refractivity contribution in [1.82, 2.24) is 26.6 Å². The first-order chi connectivity index (χ1) is 24.9. The standard InChI is InChI=1S/C37H43N5O10/c1-2-18-38-33(47)29(21-31(43)44)41-35(49)28(20-25-14-8-4-9-15-25)39-34(48)27(19-24-12-6-3-7-13-24)40-36(50)30(22-32(45)46)42-37(51)52-23-26-16-10-5-11-17-26/h3-17,27-30H,2,18-23H2,1H3,(H,38,47)(H,39,48)(H,40,50)(H,41,49)(H,42,51)(H,43,44)(H,45,46)/t27-,28-,29-,30-/m0/s1. The number of benzene rings is 3. The fourth-order valence-electron chi connectivity index (χ4n) is 4.98. The second-order valence-corrected chi connectivity index (χ2v) is 11.8. The fourth-order valence-corrected chi connectivity index (χ4v) is 4.98. The molecule has 4 atom stereocenters. The van der Waals surface area contributed by atoms with Gasteiger partial charge in [0.2, 0.25) is 23.6 Å². The van der Waals surface area contributed by atoms with Crippen LogP contribution in [0.1, 0.15) is 42.9 Å². The molecule has 15 nitrogen and oxygen atoms in total. The Morgan fingerprint density at radius 1 is 0.538 bits per heavy atom. The Morgan fingerprint density at radius 2 is 0.923 bits per heavy atom. The molecule has 0 saturated heterocycles. The van der Waals surface area contributed by atoms with Gasteiger partial charge in [0, 0.05) is 19.4 Å². The highest BCUT2D eigenvalue weighted by Gasteiger charge is 2.33. The van der Waals surface area contributed by atoms with E-state index < -0.39 is 78.7 Å². The van der Waals surface area contributed by atoms with Gasteiger partial charge in [-0.2, -0.15) is 0 Å². The summed E-state index contributed by atoms with van der Waals surface area (Å²) in [5.74, 6) is -6.17. The van der Waals surface area contributed by atoms with Crippen molar-refractivity contribution < 1.29 is 48.5 Å². The third-order valence-corrected chi connectivity index (χ3v) is 7.59. The van der Waals surface area contributed by atoms with Crippen LogP contribution in [0.4, 0.5) is 4.79 Å². The largest absolute Gasteiger partial charge is 0.481 e. The zero-order valence-electron chi connectivity index (χ0n) is 28.6. The van der Waals surface area contributed by atoms with Gasteiger partial charge in [-0.05, 0) is 23.1 Å². The molecule has 3 aromatic rings. The molecule has 3 aromatic carbocycles. The van der Waals surface area contributed by atoms with Crippen molar-refractivity contribution in [2.75, 3.05) is 6.54 Å². The molecule has 5 amide bonds. The molecule has 0 aliphatic carbocycles. The number of nitrogens with one attached hydrogen (secondary N) is 5. The van der Waals surface area contributed by atoms with Crippen LogP contribution in [0.5, 0.6) is 0 Å². The van der Waals surface area contributed by atoms with Gasteiger partial charge < -0.3 is 41.5 Å². The summed E-state index contributed by atoms with van der Waals surface area (Å²) < 4.78 is 5.16. The molecule has 276 valence electrons. The van der Waals surface area contributed by atoms with Gasteiger partial charge in [0.25, 0.3) is 0 Å². The van der Waals surface area contributed by atoms with Gasteiger partial charge in [-0.25, -0.2) is 4.79 Å². The normalized spacial score (nSPS) is 12.9. The molecule has 3 rings (SSSR count). The fraction of sp³-hybridized carbons (Fsp3) is 0.324. The summed E-state index contributed by atoms with van der Waals surface area (Å²) in [7, 11) is 0. The Bertz CT molecular complexity index is 1660. The molecule has 15 heteroatoms. The zero-order valence-corrected chi connectivity index (χ0v) is 28.6. The zero-order chi connectivity index (χ0) is 37.9. The highest BCUT2D eigenvalue weighted by Crippen LogP contribution is 2.09. The Balaban J connectivity index is 1.85. The monoisotopic (exact) mass is 717 g/mol. The topological polar surface area (TPSA) is 229 Å². The van der Waals surface area contributed by atoms with Gasteiger partial charge in [-0.1, -0.05) is 97.9 Å². The summed E-state index contributed by atoms with van der Waals surface area (Å²) in [5, 5.41) is 31.3. The molecule has 0 unspecified atom stereocenters. The molecule has 0 saturated carbocycles. The van der Waals surface area contributed by atoms with Crippen molar-refractivity contribution in [3.63, 3.8) is 0 Å². The van der Waals surface area contributed by atoms with Gasteiger partial charge in [-0.3, -0.25) is 28.8 Å². The number of hydrogen-bond donors (Lipinski definition) is 7. The van der Waals surface area contributed by atoms with Crippen LogP contribution in [0.15, 0.2) is 91.0 Å². The SMILES string of the molecule is CCCNC(=O)[C@H](CC(=O)O)NC(=O)[C@H](Cc1ccccc1)NC(=O)[C@H](Cc1ccccc1)NC(=O)[C@H](CC(=O)O)NC(=O)OCc1ccccc1. The summed E-state index contributed by atoms with van der Waals surface area (Å²) in [5.41, 5.74) is 1.88. The quantitative estimate of drug-likeness (QED) is 0.0895. The molecule has 0 aromatic heterocycles. The average molecular weight is 718 g/mol. The van der Waals surface area contributed by atoms with E-state index in [2.05, 4.69) is 26.6 Å². The number of carbonyl (C=O) groups excluding carboxylic acids is 5. The number of amides is 5. The molecule has 0 fully saturated rings. The summed E-state index contributed by atoms with van der Waals surface area (Å²) in [4.78, 5) is 89.7. The minimum Gasteiger partial charge on any atom is -0.481 e. The number of aliphatic carboxylic acids is 2. The van der Waals surface area contributed by atoms with Crippen LogP contribution in [-0.2, 0) is 53.0 Å². The van der Waals surface area contributed by atoms with Crippen LogP contribution < -0.4 is 26.6 Å². The number of carboxylic acids is 2. The smallest absolute Gasteiger partial charge is 0.408 e. The Hall–Kier alpha value is -6.25. The number of rotatable bonds is 20. The first kappa shape index (κ1) is 40.2. The lowest BCUT2D eigenvalue weighted by Gasteiger charge is -2.26. The van der Waals surface area contributed by atoms with E-state index in [1.165, 1.54) is 0 Å². The number of ether oxygens (including phenoxy) is 1. The maximum absolute atomic E-state index is 13.9.